The van der Waals surface area contributed by atoms with Gasteiger partial charge in [0.25, 0.3) is 0 Å². The number of carbonyl (C=O) groups is 2. The third-order valence-electron chi connectivity index (χ3n) is 3.75. The van der Waals surface area contributed by atoms with Gasteiger partial charge in [0.2, 0.25) is 0 Å². The molecular weight excluding hydrogens is 408 g/mol. The van der Waals surface area contributed by atoms with Crippen LogP contribution in [0.1, 0.15) is 17.5 Å². The van der Waals surface area contributed by atoms with Crippen LogP contribution in [0.5, 0.6) is 5.75 Å². The van der Waals surface area contributed by atoms with Gasteiger partial charge < -0.3 is 20.3 Å². The number of ether oxygens (including phenoxy) is 1. The Labute approximate surface area is 180 Å². The van der Waals surface area contributed by atoms with Crippen molar-refractivity contribution in [2.24, 2.45) is 0 Å². The topological polar surface area (TPSA) is 120 Å². The molecule has 1 atom stereocenters. The average Bonchev–Trinajstić information content (AvgIpc) is 2.72. The molecule has 0 radical (unpaired) electrons. The molecule has 158 valence electrons. The van der Waals surface area contributed by atoms with Crippen molar-refractivity contribution >= 4 is 23.5 Å². The summed E-state index contributed by atoms with van der Waals surface area (Å²) in [6.45, 7) is 0.847. The molecule has 7 nitrogen and oxygen atoms in total. The van der Waals surface area contributed by atoms with Gasteiger partial charge in [-0.15, -0.1) is 0 Å². The maximum absolute atomic E-state index is 9.55. The zero-order chi connectivity index (χ0) is 22.4. The third-order valence-corrected chi connectivity index (χ3v) is 3.98. The number of halogens is 1. The van der Waals surface area contributed by atoms with Gasteiger partial charge in [-0.3, -0.25) is 0 Å². The predicted octanol–water partition coefficient (Wildman–Crippen LogP) is 3.52. The second-order valence-electron chi connectivity index (χ2n) is 6.08. The Balaban J connectivity index is 0.000000479. The lowest BCUT2D eigenvalue weighted by Gasteiger charge is -2.20. The molecule has 0 aliphatic rings. The molecule has 1 unspecified atom stereocenters. The number of rotatable bonds is 9. The summed E-state index contributed by atoms with van der Waals surface area (Å²) in [6.07, 6.45) is 2.74. The molecule has 0 aliphatic carbocycles. The van der Waals surface area contributed by atoms with E-state index < -0.39 is 11.9 Å². The van der Waals surface area contributed by atoms with Gasteiger partial charge in [0, 0.05) is 29.7 Å². The first-order valence-electron chi connectivity index (χ1n) is 9.04. The molecule has 0 heterocycles. The van der Waals surface area contributed by atoms with Crippen LogP contribution in [0.4, 0.5) is 0 Å². The molecule has 0 aliphatic heterocycles. The van der Waals surface area contributed by atoms with Gasteiger partial charge in [-0.25, -0.2) is 9.59 Å². The third kappa shape index (κ3) is 10.3. The van der Waals surface area contributed by atoms with Crippen molar-refractivity contribution in [3.8, 4) is 11.8 Å². The predicted molar refractivity (Wildman–Crippen MR) is 114 cm³/mol. The van der Waals surface area contributed by atoms with E-state index in [4.69, 9.17) is 26.6 Å². The first-order chi connectivity index (χ1) is 14.3. The van der Waals surface area contributed by atoms with Gasteiger partial charge in [-0.05, 0) is 37.7 Å². The molecule has 0 saturated heterocycles. The summed E-state index contributed by atoms with van der Waals surface area (Å²) >= 11 is 6.02. The van der Waals surface area contributed by atoms with Gasteiger partial charge in [0.15, 0.2) is 0 Å². The van der Waals surface area contributed by atoms with E-state index in [-0.39, 0.29) is 6.10 Å². The maximum Gasteiger partial charge on any atom is 0.328 e. The Morgan fingerprint density at radius 1 is 1.17 bits per heavy atom. The minimum Gasteiger partial charge on any atom is -0.489 e. The molecule has 0 spiro atoms. The smallest absolute Gasteiger partial charge is 0.328 e. The van der Waals surface area contributed by atoms with Crippen LogP contribution in [-0.4, -0.2) is 41.8 Å². The standard InChI is InChI=1S/C18H19ClN2O.C4H4O4/c1-21-10-9-17(11-14-5-3-2-4-6-14)22-18-12-16(19)8-7-15(18)13-20;5-3(6)1-2-4(7)8/h2-8,12,17,21H,9-11H2,1H3;1-2H,(H,5,6)(H,7,8). The van der Waals surface area contributed by atoms with E-state index >= 15 is 0 Å². The zero-order valence-electron chi connectivity index (χ0n) is 16.4. The average molecular weight is 431 g/mol. The Kier molecular flexibility index (Phi) is 11.3. The highest BCUT2D eigenvalue weighted by atomic mass is 35.5. The van der Waals surface area contributed by atoms with Crippen LogP contribution in [0.3, 0.4) is 0 Å². The molecule has 0 amide bonds. The summed E-state index contributed by atoms with van der Waals surface area (Å²) in [5.74, 6) is -1.97. The molecule has 0 bridgehead atoms. The Hall–Kier alpha value is -3.34. The monoisotopic (exact) mass is 430 g/mol. The van der Waals surface area contributed by atoms with Gasteiger partial charge in [0.05, 0.1) is 5.56 Å². The number of hydrogen-bond donors (Lipinski definition) is 3. The number of hydrogen-bond acceptors (Lipinski definition) is 5. The Bertz CT molecular complexity index is 878. The molecule has 0 saturated carbocycles. The van der Waals surface area contributed by atoms with E-state index in [0.29, 0.717) is 28.5 Å². The second kappa shape index (κ2) is 13.8. The first-order valence-corrected chi connectivity index (χ1v) is 9.42. The molecule has 8 heteroatoms. The summed E-state index contributed by atoms with van der Waals surface area (Å²) in [5, 5.41) is 28.5. The number of nitriles is 1. The fourth-order valence-corrected chi connectivity index (χ4v) is 2.56. The number of carboxylic acids is 2. The lowest BCUT2D eigenvalue weighted by Crippen LogP contribution is -2.25. The quantitative estimate of drug-likeness (QED) is 0.520. The summed E-state index contributed by atoms with van der Waals surface area (Å²) in [6, 6.07) is 17.4. The summed E-state index contributed by atoms with van der Waals surface area (Å²) in [4.78, 5) is 19.1. The van der Waals surface area contributed by atoms with Crippen molar-refractivity contribution in [3.05, 3.63) is 76.8 Å². The van der Waals surface area contributed by atoms with E-state index in [1.54, 1.807) is 18.2 Å². The molecular formula is C22H23ClN2O5. The summed E-state index contributed by atoms with van der Waals surface area (Å²) in [5.41, 5.74) is 1.72. The minimum absolute atomic E-state index is 0.0135. The lowest BCUT2D eigenvalue weighted by molar-refractivity contribution is -0.134. The van der Waals surface area contributed by atoms with Gasteiger partial charge in [-0.1, -0.05) is 41.9 Å². The fraction of sp³-hybridized carbons (Fsp3) is 0.227. The molecule has 30 heavy (non-hydrogen) atoms. The minimum atomic E-state index is -1.26. The lowest BCUT2D eigenvalue weighted by atomic mass is 10.1. The van der Waals surface area contributed by atoms with E-state index in [0.717, 1.165) is 19.4 Å². The van der Waals surface area contributed by atoms with Crippen LogP contribution in [0.15, 0.2) is 60.7 Å². The summed E-state index contributed by atoms with van der Waals surface area (Å²) in [7, 11) is 1.92. The molecule has 3 N–H and O–H groups in total. The number of benzene rings is 2. The summed E-state index contributed by atoms with van der Waals surface area (Å²) < 4.78 is 6.08. The van der Waals surface area contributed by atoms with Crippen molar-refractivity contribution < 1.29 is 24.5 Å². The molecule has 2 rings (SSSR count). The highest BCUT2D eigenvalue weighted by Crippen LogP contribution is 2.25. The van der Waals surface area contributed by atoms with Crippen LogP contribution >= 0.6 is 11.6 Å². The highest BCUT2D eigenvalue weighted by Gasteiger charge is 2.14. The number of carboxylic acid groups (broad SMARTS) is 2. The molecule has 0 fully saturated rings. The number of nitrogens with zero attached hydrogens (tertiary/aromatic N) is 1. The van der Waals surface area contributed by atoms with Crippen LogP contribution in [0.2, 0.25) is 5.02 Å². The largest absolute Gasteiger partial charge is 0.489 e. The first kappa shape index (κ1) is 24.7. The van der Waals surface area contributed by atoms with Crippen molar-refractivity contribution in [2.75, 3.05) is 13.6 Å². The highest BCUT2D eigenvalue weighted by molar-refractivity contribution is 6.30. The van der Waals surface area contributed by atoms with E-state index in [1.807, 2.05) is 25.2 Å². The molecule has 2 aromatic carbocycles. The van der Waals surface area contributed by atoms with Crippen LogP contribution in [0, 0.1) is 11.3 Å². The van der Waals surface area contributed by atoms with Gasteiger partial charge in [-0.2, -0.15) is 5.26 Å². The molecule has 0 aromatic heterocycles. The van der Waals surface area contributed by atoms with E-state index in [9.17, 15) is 14.9 Å². The zero-order valence-corrected chi connectivity index (χ0v) is 17.2. The van der Waals surface area contributed by atoms with Crippen molar-refractivity contribution in [3.63, 3.8) is 0 Å². The van der Waals surface area contributed by atoms with Crippen molar-refractivity contribution in [2.45, 2.75) is 18.9 Å². The van der Waals surface area contributed by atoms with Gasteiger partial charge >= 0.3 is 11.9 Å². The second-order valence-corrected chi connectivity index (χ2v) is 6.52. The number of aliphatic carboxylic acids is 2. The normalized spacial score (nSPS) is 11.1. The van der Waals surface area contributed by atoms with E-state index in [1.165, 1.54) is 5.56 Å². The van der Waals surface area contributed by atoms with Gasteiger partial charge in [0.1, 0.15) is 17.9 Å². The van der Waals surface area contributed by atoms with E-state index in [2.05, 4.69) is 23.5 Å². The Morgan fingerprint density at radius 2 is 1.80 bits per heavy atom. The van der Waals surface area contributed by atoms with Crippen LogP contribution in [-0.2, 0) is 16.0 Å². The fourth-order valence-electron chi connectivity index (χ4n) is 2.39. The maximum atomic E-state index is 9.55. The SMILES string of the molecule is CNCCC(Cc1ccccc1)Oc1cc(Cl)ccc1C#N.O=C(O)C=CC(=O)O. The number of nitrogens with one attached hydrogen (secondary N) is 1. The van der Waals surface area contributed by atoms with Crippen LogP contribution in [0.25, 0.3) is 0 Å². The molecule has 2 aromatic rings. The van der Waals surface area contributed by atoms with Crippen LogP contribution < -0.4 is 10.1 Å². The van der Waals surface area contributed by atoms with Crippen molar-refractivity contribution in [1.29, 1.82) is 5.26 Å². The van der Waals surface area contributed by atoms with Crippen molar-refractivity contribution in [1.82, 2.24) is 5.32 Å². The Morgan fingerprint density at radius 3 is 2.33 bits per heavy atom.